The maximum Gasteiger partial charge on any atom is 0.416 e. The molecule has 1 aromatic rings. The lowest BCUT2D eigenvalue weighted by Gasteiger charge is -2.23. The Kier molecular flexibility index (Phi) is 4.93. The van der Waals surface area contributed by atoms with Crippen molar-refractivity contribution in [2.24, 2.45) is 5.92 Å². The standard InChI is InChI=1S/C15H17F3N2O3/c1-9(20-7-6-10(8-20)14(22)23)13(21)19-12-4-2-11(3-5-12)15(16,17)18/h2-5,9-10H,6-8H2,1H3,(H,19,21)(H,22,23). The molecule has 0 aromatic heterocycles. The molecule has 1 amide bonds. The number of anilines is 1. The van der Waals surface area contributed by atoms with Gasteiger partial charge in [-0.15, -0.1) is 0 Å². The summed E-state index contributed by atoms with van der Waals surface area (Å²) in [5, 5.41) is 11.5. The Balaban J connectivity index is 1.95. The number of amides is 1. The molecule has 1 heterocycles. The smallest absolute Gasteiger partial charge is 0.416 e. The number of alkyl halides is 3. The number of nitrogens with zero attached hydrogens (tertiary/aromatic N) is 1. The number of carbonyl (C=O) groups is 2. The van der Waals surface area contributed by atoms with Crippen LogP contribution in [0.2, 0.25) is 0 Å². The van der Waals surface area contributed by atoms with Gasteiger partial charge < -0.3 is 10.4 Å². The molecule has 0 bridgehead atoms. The highest BCUT2D eigenvalue weighted by Gasteiger charge is 2.33. The van der Waals surface area contributed by atoms with Crippen molar-refractivity contribution < 1.29 is 27.9 Å². The Hall–Kier alpha value is -2.09. The predicted octanol–water partition coefficient (Wildman–Crippen LogP) is 2.44. The molecular formula is C15H17F3N2O3. The molecule has 1 aromatic carbocycles. The van der Waals surface area contributed by atoms with Gasteiger partial charge in [-0.05, 0) is 44.2 Å². The summed E-state index contributed by atoms with van der Waals surface area (Å²) in [5.41, 5.74) is -0.517. The van der Waals surface area contributed by atoms with E-state index in [4.69, 9.17) is 5.11 Å². The van der Waals surface area contributed by atoms with E-state index in [1.165, 1.54) is 12.1 Å². The first-order valence-corrected chi connectivity index (χ1v) is 7.13. The van der Waals surface area contributed by atoms with Crippen LogP contribution in [0, 0.1) is 5.92 Å². The number of hydrogen-bond donors (Lipinski definition) is 2. The molecule has 0 radical (unpaired) electrons. The zero-order valence-corrected chi connectivity index (χ0v) is 12.4. The predicted molar refractivity (Wildman–Crippen MR) is 76.9 cm³/mol. The summed E-state index contributed by atoms with van der Waals surface area (Å²) in [6, 6.07) is 3.63. The van der Waals surface area contributed by atoms with Crippen molar-refractivity contribution in [3.05, 3.63) is 29.8 Å². The zero-order chi connectivity index (χ0) is 17.2. The van der Waals surface area contributed by atoms with Gasteiger partial charge in [0, 0.05) is 12.2 Å². The van der Waals surface area contributed by atoms with Crippen LogP contribution in [0.3, 0.4) is 0 Å². The van der Waals surface area contributed by atoms with E-state index in [9.17, 15) is 22.8 Å². The molecule has 1 aliphatic rings. The lowest BCUT2D eigenvalue weighted by molar-refractivity contribution is -0.141. The van der Waals surface area contributed by atoms with Crippen molar-refractivity contribution in [3.63, 3.8) is 0 Å². The first kappa shape index (κ1) is 17.3. The maximum atomic E-state index is 12.5. The number of carboxylic acids is 1. The minimum absolute atomic E-state index is 0.267. The third-order valence-electron chi connectivity index (χ3n) is 3.98. The van der Waals surface area contributed by atoms with Gasteiger partial charge >= 0.3 is 12.1 Å². The number of halogens is 3. The van der Waals surface area contributed by atoms with Crippen molar-refractivity contribution in [1.29, 1.82) is 0 Å². The van der Waals surface area contributed by atoms with Crippen molar-refractivity contribution >= 4 is 17.6 Å². The fraction of sp³-hybridized carbons (Fsp3) is 0.467. The van der Waals surface area contributed by atoms with Crippen LogP contribution in [0.4, 0.5) is 18.9 Å². The summed E-state index contributed by atoms with van der Waals surface area (Å²) >= 11 is 0. The van der Waals surface area contributed by atoms with Gasteiger partial charge in [-0.25, -0.2) is 0 Å². The van der Waals surface area contributed by atoms with E-state index < -0.39 is 29.7 Å². The third-order valence-corrected chi connectivity index (χ3v) is 3.98. The summed E-state index contributed by atoms with van der Waals surface area (Å²) in [5.74, 6) is -1.75. The van der Waals surface area contributed by atoms with Gasteiger partial charge in [0.05, 0.1) is 17.5 Å². The molecule has 2 unspecified atom stereocenters. The summed E-state index contributed by atoms with van der Waals surface area (Å²) in [6.07, 6.45) is -3.94. The second-order valence-corrected chi connectivity index (χ2v) is 5.56. The number of nitrogens with one attached hydrogen (secondary N) is 1. The highest BCUT2D eigenvalue weighted by atomic mass is 19.4. The van der Waals surface area contributed by atoms with Crippen LogP contribution in [0.5, 0.6) is 0 Å². The van der Waals surface area contributed by atoms with Gasteiger partial charge in [0.25, 0.3) is 0 Å². The molecule has 0 saturated carbocycles. The highest BCUT2D eigenvalue weighted by Crippen LogP contribution is 2.30. The largest absolute Gasteiger partial charge is 0.481 e. The van der Waals surface area contributed by atoms with Crippen LogP contribution in [0.15, 0.2) is 24.3 Å². The van der Waals surface area contributed by atoms with Crippen molar-refractivity contribution in [3.8, 4) is 0 Å². The van der Waals surface area contributed by atoms with Crippen LogP contribution in [-0.4, -0.2) is 41.0 Å². The van der Waals surface area contributed by atoms with Crippen molar-refractivity contribution in [1.82, 2.24) is 4.90 Å². The van der Waals surface area contributed by atoms with E-state index in [-0.39, 0.29) is 18.1 Å². The number of aliphatic carboxylic acids is 1. The molecule has 23 heavy (non-hydrogen) atoms. The molecule has 0 spiro atoms. The fourth-order valence-electron chi connectivity index (χ4n) is 2.50. The molecule has 1 aliphatic heterocycles. The number of likely N-dealkylation sites (tertiary alicyclic amines) is 1. The Labute approximate surface area is 131 Å². The van der Waals surface area contributed by atoms with Gasteiger partial charge in [-0.3, -0.25) is 14.5 Å². The molecule has 1 fully saturated rings. The number of carboxylic acid groups (broad SMARTS) is 1. The van der Waals surface area contributed by atoms with E-state index >= 15 is 0 Å². The van der Waals surface area contributed by atoms with Crippen LogP contribution in [0.1, 0.15) is 18.9 Å². The minimum Gasteiger partial charge on any atom is -0.481 e. The maximum absolute atomic E-state index is 12.5. The van der Waals surface area contributed by atoms with Gasteiger partial charge in [0.1, 0.15) is 0 Å². The zero-order valence-electron chi connectivity index (χ0n) is 12.4. The Morgan fingerprint density at radius 3 is 2.39 bits per heavy atom. The second-order valence-electron chi connectivity index (χ2n) is 5.56. The Morgan fingerprint density at radius 1 is 1.30 bits per heavy atom. The third kappa shape index (κ3) is 4.22. The monoisotopic (exact) mass is 330 g/mol. The van der Waals surface area contributed by atoms with Crippen LogP contribution in [-0.2, 0) is 15.8 Å². The molecule has 0 aliphatic carbocycles. The van der Waals surface area contributed by atoms with Gasteiger partial charge in [0.2, 0.25) is 5.91 Å². The van der Waals surface area contributed by atoms with Crippen molar-refractivity contribution in [2.45, 2.75) is 25.6 Å². The molecule has 126 valence electrons. The summed E-state index contributed by atoms with van der Waals surface area (Å²) < 4.78 is 37.4. The molecule has 2 N–H and O–H groups in total. The molecular weight excluding hydrogens is 313 g/mol. The molecule has 1 saturated heterocycles. The Bertz CT molecular complexity index is 587. The van der Waals surface area contributed by atoms with Crippen LogP contribution in [0.25, 0.3) is 0 Å². The van der Waals surface area contributed by atoms with Crippen LogP contribution < -0.4 is 5.32 Å². The highest BCUT2D eigenvalue weighted by molar-refractivity contribution is 5.94. The summed E-state index contributed by atoms with van der Waals surface area (Å²) in [6.45, 7) is 2.43. The lowest BCUT2D eigenvalue weighted by Crippen LogP contribution is -2.41. The molecule has 8 heteroatoms. The van der Waals surface area contributed by atoms with Gasteiger partial charge in [-0.2, -0.15) is 13.2 Å². The number of carbonyl (C=O) groups excluding carboxylic acids is 1. The van der Waals surface area contributed by atoms with Gasteiger partial charge in [-0.1, -0.05) is 0 Å². The first-order chi connectivity index (χ1) is 10.7. The average Bonchev–Trinajstić information content (AvgIpc) is 2.96. The second kappa shape index (κ2) is 6.57. The normalized spacial score (nSPS) is 20.3. The fourth-order valence-corrected chi connectivity index (χ4v) is 2.50. The van der Waals surface area contributed by atoms with E-state index in [1.54, 1.807) is 11.8 Å². The lowest BCUT2D eigenvalue weighted by atomic mass is 10.1. The van der Waals surface area contributed by atoms with E-state index in [0.29, 0.717) is 13.0 Å². The topological polar surface area (TPSA) is 69.6 Å². The average molecular weight is 330 g/mol. The molecule has 2 rings (SSSR count). The van der Waals surface area contributed by atoms with E-state index in [2.05, 4.69) is 5.32 Å². The van der Waals surface area contributed by atoms with Crippen LogP contribution >= 0.6 is 0 Å². The minimum atomic E-state index is -4.42. The number of benzene rings is 1. The van der Waals surface area contributed by atoms with E-state index in [1.807, 2.05) is 0 Å². The van der Waals surface area contributed by atoms with Crippen molar-refractivity contribution in [2.75, 3.05) is 18.4 Å². The van der Waals surface area contributed by atoms with E-state index in [0.717, 1.165) is 12.1 Å². The molecule has 5 nitrogen and oxygen atoms in total. The number of hydrogen-bond acceptors (Lipinski definition) is 3. The Morgan fingerprint density at radius 2 is 1.91 bits per heavy atom. The summed E-state index contributed by atoms with van der Waals surface area (Å²) in [7, 11) is 0. The summed E-state index contributed by atoms with van der Waals surface area (Å²) in [4.78, 5) is 24.8. The number of rotatable bonds is 4. The molecule has 2 atom stereocenters. The quantitative estimate of drug-likeness (QED) is 0.890. The van der Waals surface area contributed by atoms with Gasteiger partial charge in [0.15, 0.2) is 0 Å². The SMILES string of the molecule is CC(C(=O)Nc1ccc(C(F)(F)F)cc1)N1CCC(C(=O)O)C1. The first-order valence-electron chi connectivity index (χ1n) is 7.13.